The van der Waals surface area contributed by atoms with Crippen molar-refractivity contribution in [2.45, 2.75) is 51.5 Å². The number of likely N-dealkylation sites (N-methyl/N-ethyl adjacent to an activating group) is 1. The molecule has 17 heavy (non-hydrogen) atoms. The first-order valence-corrected chi connectivity index (χ1v) is 6.87. The Morgan fingerprint density at radius 3 is 2.53 bits per heavy atom. The summed E-state index contributed by atoms with van der Waals surface area (Å²) in [6.07, 6.45) is 4.82. The van der Waals surface area contributed by atoms with Gasteiger partial charge < -0.3 is 16.0 Å². The van der Waals surface area contributed by atoms with Gasteiger partial charge in [-0.1, -0.05) is 13.8 Å². The molecule has 1 aliphatic carbocycles. The molecule has 4 nitrogen and oxygen atoms in total. The normalized spacial score (nSPS) is 17.9. The third-order valence-electron chi connectivity index (χ3n) is 3.60. The van der Waals surface area contributed by atoms with Gasteiger partial charge in [0.1, 0.15) is 0 Å². The molecule has 0 bridgehead atoms. The molecule has 0 radical (unpaired) electrons. The molecule has 0 atom stereocenters. The van der Waals surface area contributed by atoms with Gasteiger partial charge >= 0.3 is 0 Å². The molecule has 0 heterocycles. The van der Waals surface area contributed by atoms with Crippen molar-refractivity contribution in [1.29, 1.82) is 0 Å². The van der Waals surface area contributed by atoms with Crippen molar-refractivity contribution in [1.82, 2.24) is 10.2 Å². The highest BCUT2D eigenvalue weighted by atomic mass is 16.1. The van der Waals surface area contributed by atoms with Crippen molar-refractivity contribution in [3.63, 3.8) is 0 Å². The SMILES string of the molecule is CCCN(CC)CCNC(=O)CC1(N)CCC1. The summed E-state index contributed by atoms with van der Waals surface area (Å²) in [6.45, 7) is 8.16. The van der Waals surface area contributed by atoms with Crippen molar-refractivity contribution < 1.29 is 4.79 Å². The van der Waals surface area contributed by atoms with Gasteiger partial charge in [-0.05, 0) is 38.8 Å². The summed E-state index contributed by atoms with van der Waals surface area (Å²) >= 11 is 0. The predicted octanol–water partition coefficient (Wildman–Crippen LogP) is 1.11. The second-order valence-electron chi connectivity index (χ2n) is 5.18. The molecule has 1 amide bonds. The lowest BCUT2D eigenvalue weighted by Crippen LogP contribution is -2.50. The van der Waals surface area contributed by atoms with E-state index in [1.54, 1.807) is 0 Å². The summed E-state index contributed by atoms with van der Waals surface area (Å²) in [5.41, 5.74) is 5.84. The average Bonchev–Trinajstić information content (AvgIpc) is 2.25. The summed E-state index contributed by atoms with van der Waals surface area (Å²) in [5, 5.41) is 2.97. The van der Waals surface area contributed by atoms with E-state index in [-0.39, 0.29) is 11.4 Å². The van der Waals surface area contributed by atoms with Crippen molar-refractivity contribution in [2.75, 3.05) is 26.2 Å². The van der Waals surface area contributed by atoms with Crippen LogP contribution in [-0.2, 0) is 4.79 Å². The minimum atomic E-state index is -0.196. The lowest BCUT2D eigenvalue weighted by molar-refractivity contribution is -0.123. The molecule has 0 spiro atoms. The largest absolute Gasteiger partial charge is 0.355 e. The van der Waals surface area contributed by atoms with Crippen LogP contribution in [0.2, 0.25) is 0 Å². The minimum Gasteiger partial charge on any atom is -0.355 e. The Morgan fingerprint density at radius 1 is 1.35 bits per heavy atom. The maximum atomic E-state index is 11.7. The van der Waals surface area contributed by atoms with Gasteiger partial charge in [-0.25, -0.2) is 0 Å². The van der Waals surface area contributed by atoms with Crippen LogP contribution in [0.4, 0.5) is 0 Å². The zero-order valence-electron chi connectivity index (χ0n) is 11.3. The number of carbonyl (C=O) groups excluding carboxylic acids is 1. The maximum absolute atomic E-state index is 11.7. The van der Waals surface area contributed by atoms with E-state index in [0.717, 1.165) is 45.4 Å². The molecule has 1 saturated carbocycles. The summed E-state index contributed by atoms with van der Waals surface area (Å²) < 4.78 is 0. The summed E-state index contributed by atoms with van der Waals surface area (Å²) in [6, 6.07) is 0. The molecule has 0 aromatic heterocycles. The van der Waals surface area contributed by atoms with Crippen molar-refractivity contribution >= 4 is 5.91 Å². The minimum absolute atomic E-state index is 0.111. The second kappa shape index (κ2) is 6.97. The average molecular weight is 241 g/mol. The fourth-order valence-corrected chi connectivity index (χ4v) is 2.29. The number of nitrogens with one attached hydrogen (secondary N) is 1. The highest BCUT2D eigenvalue weighted by molar-refractivity contribution is 5.77. The molecule has 0 saturated heterocycles. The lowest BCUT2D eigenvalue weighted by Gasteiger charge is -2.37. The number of nitrogens with two attached hydrogens (primary N) is 1. The quantitative estimate of drug-likeness (QED) is 0.669. The Labute approximate surface area is 105 Å². The smallest absolute Gasteiger partial charge is 0.221 e. The molecular weight excluding hydrogens is 214 g/mol. The fraction of sp³-hybridized carbons (Fsp3) is 0.923. The number of rotatable bonds is 8. The van der Waals surface area contributed by atoms with Crippen molar-refractivity contribution in [3.05, 3.63) is 0 Å². The van der Waals surface area contributed by atoms with Gasteiger partial charge in [0.15, 0.2) is 0 Å². The Hall–Kier alpha value is -0.610. The molecule has 4 heteroatoms. The van der Waals surface area contributed by atoms with E-state index in [9.17, 15) is 4.79 Å². The number of carbonyl (C=O) groups is 1. The molecule has 0 aliphatic heterocycles. The van der Waals surface area contributed by atoms with Crippen LogP contribution in [0.15, 0.2) is 0 Å². The first-order chi connectivity index (χ1) is 8.09. The van der Waals surface area contributed by atoms with Crippen LogP contribution in [-0.4, -0.2) is 42.5 Å². The Morgan fingerprint density at radius 2 is 2.06 bits per heavy atom. The molecule has 1 aliphatic rings. The lowest BCUT2D eigenvalue weighted by atomic mass is 9.75. The van der Waals surface area contributed by atoms with Crippen molar-refractivity contribution in [2.24, 2.45) is 5.73 Å². The molecule has 0 aromatic rings. The first-order valence-electron chi connectivity index (χ1n) is 6.87. The van der Waals surface area contributed by atoms with Gasteiger partial charge in [-0.2, -0.15) is 0 Å². The van der Waals surface area contributed by atoms with E-state index in [2.05, 4.69) is 24.1 Å². The molecule has 0 aromatic carbocycles. The molecule has 3 N–H and O–H groups in total. The highest BCUT2D eigenvalue weighted by Crippen LogP contribution is 2.31. The molecule has 1 rings (SSSR count). The van der Waals surface area contributed by atoms with Gasteiger partial charge in [0.25, 0.3) is 0 Å². The molecular formula is C13H27N3O. The summed E-state index contributed by atoms with van der Waals surface area (Å²) in [4.78, 5) is 14.0. The Bertz CT molecular complexity index is 239. The van der Waals surface area contributed by atoms with Gasteiger partial charge in [0.05, 0.1) is 0 Å². The van der Waals surface area contributed by atoms with E-state index in [1.165, 1.54) is 6.42 Å². The predicted molar refractivity (Wildman–Crippen MR) is 70.8 cm³/mol. The standard InChI is InChI=1S/C13H27N3O/c1-3-9-16(4-2)10-8-15-12(17)11-13(14)6-5-7-13/h3-11,14H2,1-2H3,(H,15,17). The van der Waals surface area contributed by atoms with Crippen LogP contribution in [0.3, 0.4) is 0 Å². The van der Waals surface area contributed by atoms with Crippen LogP contribution < -0.4 is 11.1 Å². The molecule has 0 unspecified atom stereocenters. The zero-order chi connectivity index (χ0) is 12.7. The summed E-state index contributed by atoms with van der Waals surface area (Å²) in [5.74, 6) is 0.111. The fourth-order valence-electron chi connectivity index (χ4n) is 2.29. The summed E-state index contributed by atoms with van der Waals surface area (Å²) in [7, 11) is 0. The van der Waals surface area contributed by atoms with E-state index < -0.39 is 0 Å². The maximum Gasteiger partial charge on any atom is 0.221 e. The topological polar surface area (TPSA) is 58.4 Å². The van der Waals surface area contributed by atoms with E-state index in [1.807, 2.05) is 0 Å². The zero-order valence-corrected chi connectivity index (χ0v) is 11.3. The monoisotopic (exact) mass is 241 g/mol. The van der Waals surface area contributed by atoms with E-state index in [0.29, 0.717) is 6.42 Å². The van der Waals surface area contributed by atoms with E-state index in [4.69, 9.17) is 5.73 Å². The Kier molecular flexibility index (Phi) is 5.92. The van der Waals surface area contributed by atoms with Crippen LogP contribution >= 0.6 is 0 Å². The molecule has 1 fully saturated rings. The van der Waals surface area contributed by atoms with Crippen molar-refractivity contribution in [3.8, 4) is 0 Å². The van der Waals surface area contributed by atoms with Crippen LogP contribution in [0.25, 0.3) is 0 Å². The van der Waals surface area contributed by atoms with Gasteiger partial charge in [-0.3, -0.25) is 4.79 Å². The Balaban J connectivity index is 2.10. The van der Waals surface area contributed by atoms with Crippen LogP contribution in [0, 0.1) is 0 Å². The number of nitrogens with zero attached hydrogens (tertiary/aromatic N) is 1. The van der Waals surface area contributed by atoms with Crippen LogP contribution in [0.1, 0.15) is 46.0 Å². The first kappa shape index (κ1) is 14.5. The third kappa shape index (κ3) is 5.04. The highest BCUT2D eigenvalue weighted by Gasteiger charge is 2.34. The number of hydrogen-bond donors (Lipinski definition) is 2. The van der Waals surface area contributed by atoms with Crippen LogP contribution in [0.5, 0.6) is 0 Å². The van der Waals surface area contributed by atoms with E-state index >= 15 is 0 Å². The van der Waals surface area contributed by atoms with Gasteiger partial charge in [0, 0.05) is 25.0 Å². The third-order valence-corrected chi connectivity index (χ3v) is 3.60. The molecule has 100 valence electrons. The number of amides is 1. The van der Waals surface area contributed by atoms with Gasteiger partial charge in [0.2, 0.25) is 5.91 Å². The van der Waals surface area contributed by atoms with Gasteiger partial charge in [-0.15, -0.1) is 0 Å². The second-order valence-corrected chi connectivity index (χ2v) is 5.18. The number of hydrogen-bond acceptors (Lipinski definition) is 3.